The minimum absolute atomic E-state index is 0.249. The molecule has 13 heavy (non-hydrogen) atoms. The Balaban J connectivity index is 2.40. The van der Waals surface area contributed by atoms with Crippen LogP contribution in [0.3, 0.4) is 0 Å². The van der Waals surface area contributed by atoms with Gasteiger partial charge < -0.3 is 5.73 Å². The molecule has 0 saturated heterocycles. The Labute approximate surface area is 80.0 Å². The minimum atomic E-state index is 0.249. The first-order chi connectivity index (χ1) is 6.29. The Hall–Kier alpha value is -0.820. The van der Waals surface area contributed by atoms with Gasteiger partial charge in [0.2, 0.25) is 0 Å². The van der Waals surface area contributed by atoms with Gasteiger partial charge in [-0.1, -0.05) is 31.2 Å². The topological polar surface area (TPSA) is 26.0 Å². The fraction of sp³-hybridized carbons (Fsp3) is 0.500. The van der Waals surface area contributed by atoms with Gasteiger partial charge in [-0.05, 0) is 36.3 Å². The van der Waals surface area contributed by atoms with E-state index in [1.807, 2.05) is 0 Å². The van der Waals surface area contributed by atoms with Crippen molar-refractivity contribution in [2.45, 2.75) is 32.2 Å². The molecule has 1 heteroatoms. The maximum Gasteiger partial charge on any atom is 0.0323 e. The summed E-state index contributed by atoms with van der Waals surface area (Å²) in [5, 5.41) is 0. The summed E-state index contributed by atoms with van der Waals surface area (Å²) in [6.45, 7) is 2.26. The molecular formula is C12H17N. The third-order valence-corrected chi connectivity index (χ3v) is 3.13. The van der Waals surface area contributed by atoms with Gasteiger partial charge >= 0.3 is 0 Å². The van der Waals surface area contributed by atoms with Crippen molar-refractivity contribution in [1.82, 2.24) is 0 Å². The average molecular weight is 175 g/mol. The van der Waals surface area contributed by atoms with Crippen molar-refractivity contribution in [3.05, 3.63) is 35.4 Å². The Kier molecular flexibility index (Phi) is 2.36. The first-order valence-corrected chi connectivity index (χ1v) is 5.12. The highest BCUT2D eigenvalue weighted by molar-refractivity contribution is 5.31. The van der Waals surface area contributed by atoms with Gasteiger partial charge in [-0.15, -0.1) is 0 Å². The number of rotatable bonds is 0. The Morgan fingerprint density at radius 1 is 1.31 bits per heavy atom. The Morgan fingerprint density at radius 3 is 2.92 bits per heavy atom. The van der Waals surface area contributed by atoms with Crippen molar-refractivity contribution in [1.29, 1.82) is 0 Å². The molecule has 1 aromatic rings. The highest BCUT2D eigenvalue weighted by atomic mass is 14.7. The van der Waals surface area contributed by atoms with E-state index in [9.17, 15) is 0 Å². The van der Waals surface area contributed by atoms with Crippen LogP contribution in [0.5, 0.6) is 0 Å². The summed E-state index contributed by atoms with van der Waals surface area (Å²) in [5.41, 5.74) is 9.02. The van der Waals surface area contributed by atoms with Gasteiger partial charge in [-0.3, -0.25) is 0 Å². The molecule has 0 spiro atoms. The molecule has 2 atom stereocenters. The zero-order valence-corrected chi connectivity index (χ0v) is 8.16. The predicted molar refractivity (Wildman–Crippen MR) is 55.5 cm³/mol. The second-order valence-corrected chi connectivity index (χ2v) is 4.09. The van der Waals surface area contributed by atoms with Crippen LogP contribution in [-0.2, 0) is 6.42 Å². The minimum Gasteiger partial charge on any atom is -0.324 e. The van der Waals surface area contributed by atoms with Gasteiger partial charge in [0.15, 0.2) is 0 Å². The van der Waals surface area contributed by atoms with Crippen LogP contribution < -0.4 is 5.73 Å². The molecule has 2 rings (SSSR count). The molecule has 70 valence electrons. The smallest absolute Gasteiger partial charge is 0.0323 e. The molecule has 0 saturated carbocycles. The van der Waals surface area contributed by atoms with E-state index < -0.39 is 0 Å². The van der Waals surface area contributed by atoms with Crippen LogP contribution in [0.4, 0.5) is 0 Å². The third kappa shape index (κ3) is 1.61. The average Bonchev–Trinajstić information content (AvgIpc) is 2.29. The number of benzene rings is 1. The van der Waals surface area contributed by atoms with Crippen molar-refractivity contribution in [3.63, 3.8) is 0 Å². The Morgan fingerprint density at radius 2 is 2.08 bits per heavy atom. The van der Waals surface area contributed by atoms with Crippen molar-refractivity contribution in [2.24, 2.45) is 11.7 Å². The molecule has 0 aliphatic heterocycles. The maximum absolute atomic E-state index is 6.19. The van der Waals surface area contributed by atoms with E-state index in [2.05, 4.69) is 31.2 Å². The van der Waals surface area contributed by atoms with Gasteiger partial charge in [0.05, 0.1) is 0 Å². The van der Waals surface area contributed by atoms with Crippen molar-refractivity contribution in [3.8, 4) is 0 Å². The van der Waals surface area contributed by atoms with Crippen LogP contribution in [0.2, 0.25) is 0 Å². The summed E-state index contributed by atoms with van der Waals surface area (Å²) in [7, 11) is 0. The van der Waals surface area contributed by atoms with E-state index in [1.54, 1.807) is 0 Å². The van der Waals surface area contributed by atoms with E-state index in [0.717, 1.165) is 0 Å². The largest absolute Gasteiger partial charge is 0.324 e. The first-order valence-electron chi connectivity index (χ1n) is 5.12. The van der Waals surface area contributed by atoms with Crippen molar-refractivity contribution >= 4 is 0 Å². The molecule has 0 radical (unpaired) electrons. The predicted octanol–water partition coefficient (Wildman–Crippen LogP) is 2.66. The summed E-state index contributed by atoms with van der Waals surface area (Å²) < 4.78 is 0. The second kappa shape index (κ2) is 3.51. The number of hydrogen-bond acceptors (Lipinski definition) is 1. The molecule has 1 aliphatic carbocycles. The van der Waals surface area contributed by atoms with E-state index >= 15 is 0 Å². The normalized spacial score (nSPS) is 27.8. The molecule has 0 heterocycles. The van der Waals surface area contributed by atoms with Crippen LogP contribution in [0.1, 0.15) is 36.9 Å². The summed E-state index contributed by atoms with van der Waals surface area (Å²) >= 11 is 0. The highest BCUT2D eigenvalue weighted by Gasteiger charge is 2.20. The summed E-state index contributed by atoms with van der Waals surface area (Å²) in [6, 6.07) is 8.85. The number of fused-ring (bicyclic) bond motifs is 1. The number of aryl methyl sites for hydroxylation is 1. The molecule has 0 fully saturated rings. The summed E-state index contributed by atoms with van der Waals surface area (Å²) in [4.78, 5) is 0. The maximum atomic E-state index is 6.19. The lowest BCUT2D eigenvalue weighted by Crippen LogP contribution is -2.18. The van der Waals surface area contributed by atoms with Gasteiger partial charge in [0.25, 0.3) is 0 Å². The molecule has 0 bridgehead atoms. The van der Waals surface area contributed by atoms with E-state index in [1.165, 1.54) is 30.4 Å². The van der Waals surface area contributed by atoms with Crippen molar-refractivity contribution in [2.75, 3.05) is 0 Å². The molecular weight excluding hydrogens is 158 g/mol. The molecule has 1 nitrogen and oxygen atoms in total. The summed E-state index contributed by atoms with van der Waals surface area (Å²) in [6.07, 6.45) is 3.75. The van der Waals surface area contributed by atoms with E-state index in [0.29, 0.717) is 5.92 Å². The number of hydrogen-bond donors (Lipinski definition) is 1. The molecule has 0 amide bonds. The van der Waals surface area contributed by atoms with Gasteiger partial charge in [0, 0.05) is 6.04 Å². The zero-order chi connectivity index (χ0) is 9.26. The monoisotopic (exact) mass is 175 g/mol. The SMILES string of the molecule is C[C@H]1CCCc2ccccc2[C@H]1N. The standard InChI is InChI=1S/C12H17N/c1-9-5-4-7-10-6-2-3-8-11(10)12(9)13/h2-3,6,8-9,12H,4-5,7,13H2,1H3/t9-,12-/m0/s1. The quantitative estimate of drug-likeness (QED) is 0.603. The molecule has 0 unspecified atom stereocenters. The fourth-order valence-corrected chi connectivity index (χ4v) is 2.19. The Bertz CT molecular complexity index is 293. The fourth-order valence-electron chi connectivity index (χ4n) is 2.19. The van der Waals surface area contributed by atoms with Crippen molar-refractivity contribution < 1.29 is 0 Å². The van der Waals surface area contributed by atoms with Crippen LogP contribution in [0.25, 0.3) is 0 Å². The highest BCUT2D eigenvalue weighted by Crippen LogP contribution is 2.30. The molecule has 0 aromatic heterocycles. The third-order valence-electron chi connectivity index (χ3n) is 3.13. The lowest BCUT2D eigenvalue weighted by atomic mass is 9.93. The van der Waals surface area contributed by atoms with Crippen LogP contribution in [0.15, 0.2) is 24.3 Å². The van der Waals surface area contributed by atoms with Crippen LogP contribution in [0, 0.1) is 5.92 Å². The van der Waals surface area contributed by atoms with Gasteiger partial charge in [-0.2, -0.15) is 0 Å². The van der Waals surface area contributed by atoms with E-state index in [4.69, 9.17) is 5.73 Å². The van der Waals surface area contributed by atoms with Gasteiger partial charge in [-0.25, -0.2) is 0 Å². The zero-order valence-electron chi connectivity index (χ0n) is 8.16. The summed E-state index contributed by atoms with van der Waals surface area (Å²) in [5.74, 6) is 0.628. The molecule has 1 aliphatic rings. The van der Waals surface area contributed by atoms with Crippen LogP contribution in [-0.4, -0.2) is 0 Å². The number of nitrogens with two attached hydrogens (primary N) is 1. The lowest BCUT2D eigenvalue weighted by molar-refractivity contribution is 0.441. The van der Waals surface area contributed by atoms with Crippen LogP contribution >= 0.6 is 0 Å². The van der Waals surface area contributed by atoms with Gasteiger partial charge in [0.1, 0.15) is 0 Å². The molecule has 1 aromatic carbocycles. The first kappa shape index (κ1) is 8.76. The molecule has 2 N–H and O–H groups in total. The lowest BCUT2D eigenvalue weighted by Gasteiger charge is -2.18. The van der Waals surface area contributed by atoms with E-state index in [-0.39, 0.29) is 6.04 Å². The second-order valence-electron chi connectivity index (χ2n) is 4.09.